The SMILES string of the molecule is COC(=O)C(=O)C(C(=O)OC)C(=O)C(=O)Nc1cc([N+](=O)[O-])ccc1C. The van der Waals surface area contributed by atoms with Gasteiger partial charge in [0.15, 0.2) is 5.92 Å². The van der Waals surface area contributed by atoms with E-state index in [0.717, 1.165) is 20.3 Å². The Morgan fingerprint density at radius 3 is 2.19 bits per heavy atom. The summed E-state index contributed by atoms with van der Waals surface area (Å²) in [5.74, 6) is -9.84. The molecule has 11 nitrogen and oxygen atoms in total. The number of hydrogen-bond acceptors (Lipinski definition) is 9. The van der Waals surface area contributed by atoms with Crippen LogP contribution in [0.15, 0.2) is 18.2 Å². The first-order valence-corrected chi connectivity index (χ1v) is 6.94. The molecule has 0 saturated heterocycles. The van der Waals surface area contributed by atoms with Crippen molar-refractivity contribution in [2.75, 3.05) is 19.5 Å². The van der Waals surface area contributed by atoms with Crippen LogP contribution in [0.4, 0.5) is 11.4 Å². The van der Waals surface area contributed by atoms with Crippen LogP contribution in [-0.2, 0) is 33.4 Å². The van der Waals surface area contributed by atoms with Crippen molar-refractivity contribution < 1.29 is 38.4 Å². The molecule has 0 heterocycles. The number of amides is 1. The second-order valence-electron chi connectivity index (χ2n) is 4.89. The highest BCUT2D eigenvalue weighted by Crippen LogP contribution is 2.22. The van der Waals surface area contributed by atoms with Gasteiger partial charge in [-0.2, -0.15) is 0 Å². The summed E-state index contributed by atoms with van der Waals surface area (Å²) in [4.78, 5) is 69.1. The van der Waals surface area contributed by atoms with Gasteiger partial charge in [-0.15, -0.1) is 0 Å². The van der Waals surface area contributed by atoms with Crippen LogP contribution in [0.25, 0.3) is 0 Å². The Bertz CT molecular complexity index is 800. The van der Waals surface area contributed by atoms with Gasteiger partial charge in [0.25, 0.3) is 17.4 Å². The quantitative estimate of drug-likeness (QED) is 0.229. The van der Waals surface area contributed by atoms with E-state index in [1.54, 1.807) is 0 Å². The number of esters is 2. The molecule has 1 unspecified atom stereocenters. The Morgan fingerprint density at radius 2 is 1.69 bits per heavy atom. The number of non-ortho nitro benzene ring substituents is 1. The van der Waals surface area contributed by atoms with Gasteiger partial charge in [0.2, 0.25) is 5.78 Å². The van der Waals surface area contributed by atoms with Crippen LogP contribution >= 0.6 is 0 Å². The summed E-state index contributed by atoms with van der Waals surface area (Å²) in [5, 5.41) is 12.9. The van der Waals surface area contributed by atoms with Crippen molar-refractivity contribution >= 4 is 40.8 Å². The smallest absolute Gasteiger partial charge is 0.375 e. The van der Waals surface area contributed by atoms with Crippen molar-refractivity contribution in [3.63, 3.8) is 0 Å². The molecule has 1 rings (SSSR count). The summed E-state index contributed by atoms with van der Waals surface area (Å²) in [6.07, 6.45) is 0. The van der Waals surface area contributed by atoms with Gasteiger partial charge >= 0.3 is 11.9 Å². The van der Waals surface area contributed by atoms with Gasteiger partial charge < -0.3 is 14.8 Å². The van der Waals surface area contributed by atoms with Gasteiger partial charge in [-0.25, -0.2) is 4.79 Å². The van der Waals surface area contributed by atoms with E-state index >= 15 is 0 Å². The number of nitrogens with zero attached hydrogens (tertiary/aromatic N) is 1. The molecule has 1 amide bonds. The highest BCUT2D eigenvalue weighted by atomic mass is 16.6. The summed E-state index contributed by atoms with van der Waals surface area (Å²) < 4.78 is 8.41. The third kappa shape index (κ3) is 4.47. The third-order valence-corrected chi connectivity index (χ3v) is 3.25. The number of nitro groups is 1. The zero-order chi connectivity index (χ0) is 20.0. The topological polar surface area (TPSA) is 159 Å². The summed E-state index contributed by atoms with van der Waals surface area (Å²) in [7, 11) is 1.71. The molecule has 0 spiro atoms. The van der Waals surface area contributed by atoms with Crippen molar-refractivity contribution in [2.45, 2.75) is 6.92 Å². The monoisotopic (exact) mass is 366 g/mol. The summed E-state index contributed by atoms with van der Waals surface area (Å²) >= 11 is 0. The van der Waals surface area contributed by atoms with E-state index in [2.05, 4.69) is 14.8 Å². The molecule has 0 radical (unpaired) electrons. The lowest BCUT2D eigenvalue weighted by Gasteiger charge is -2.12. The number of ketones is 2. The van der Waals surface area contributed by atoms with Gasteiger partial charge in [0, 0.05) is 12.1 Å². The maximum absolute atomic E-state index is 12.2. The number of hydrogen-bond donors (Lipinski definition) is 1. The molecule has 0 saturated carbocycles. The number of nitrogens with one attached hydrogen (secondary N) is 1. The minimum atomic E-state index is -2.34. The van der Waals surface area contributed by atoms with E-state index < -0.39 is 40.3 Å². The van der Waals surface area contributed by atoms with Crippen LogP contribution in [0.2, 0.25) is 0 Å². The number of rotatable bonds is 7. The average molecular weight is 366 g/mol. The first-order chi connectivity index (χ1) is 12.1. The minimum Gasteiger partial charge on any atom is -0.468 e. The van der Waals surface area contributed by atoms with Crippen molar-refractivity contribution in [3.8, 4) is 0 Å². The minimum absolute atomic E-state index is 0.0771. The molecule has 0 aromatic heterocycles. The molecule has 0 fully saturated rings. The first kappa shape index (κ1) is 20.4. The van der Waals surface area contributed by atoms with Crippen molar-refractivity contribution in [1.82, 2.24) is 0 Å². The molecule has 1 aromatic carbocycles. The maximum Gasteiger partial charge on any atom is 0.375 e. The van der Waals surface area contributed by atoms with Gasteiger partial charge in [-0.05, 0) is 12.5 Å². The van der Waals surface area contributed by atoms with Gasteiger partial charge in [-0.3, -0.25) is 29.3 Å². The predicted molar refractivity (Wildman–Crippen MR) is 84.0 cm³/mol. The zero-order valence-corrected chi connectivity index (χ0v) is 13.9. The number of ether oxygens (including phenoxy) is 2. The normalized spacial score (nSPS) is 11.0. The second kappa shape index (κ2) is 8.46. The summed E-state index contributed by atoms with van der Waals surface area (Å²) in [6.45, 7) is 1.50. The fourth-order valence-corrected chi connectivity index (χ4v) is 1.84. The van der Waals surface area contributed by atoms with Gasteiger partial charge in [0.1, 0.15) is 0 Å². The number of methoxy groups -OCH3 is 2. The Morgan fingerprint density at radius 1 is 1.08 bits per heavy atom. The fourth-order valence-electron chi connectivity index (χ4n) is 1.84. The number of benzene rings is 1. The molecule has 0 aliphatic heterocycles. The van der Waals surface area contributed by atoms with Crippen molar-refractivity contribution in [3.05, 3.63) is 33.9 Å². The van der Waals surface area contributed by atoms with Gasteiger partial charge in [-0.1, -0.05) is 6.07 Å². The molecular weight excluding hydrogens is 352 g/mol. The molecule has 26 heavy (non-hydrogen) atoms. The van der Waals surface area contributed by atoms with Gasteiger partial charge in [0.05, 0.1) is 24.8 Å². The van der Waals surface area contributed by atoms with E-state index in [1.807, 2.05) is 0 Å². The molecule has 0 bridgehead atoms. The number of anilines is 1. The Kier molecular flexibility index (Phi) is 6.64. The maximum atomic E-state index is 12.2. The van der Waals surface area contributed by atoms with Crippen LogP contribution in [-0.4, -0.2) is 48.6 Å². The van der Waals surface area contributed by atoms with E-state index in [0.29, 0.717) is 5.56 Å². The molecule has 1 N–H and O–H groups in total. The van der Waals surface area contributed by atoms with Crippen LogP contribution in [0.5, 0.6) is 0 Å². The fraction of sp³-hybridized carbons (Fsp3) is 0.267. The van der Waals surface area contributed by atoms with Crippen LogP contribution in [0.3, 0.4) is 0 Å². The van der Waals surface area contributed by atoms with Crippen LogP contribution in [0, 0.1) is 23.0 Å². The number of aryl methyl sites for hydroxylation is 1. The zero-order valence-electron chi connectivity index (χ0n) is 13.9. The molecule has 1 aromatic rings. The molecule has 138 valence electrons. The number of Topliss-reactive ketones (excluding diaryl/α,β-unsaturated/α-hetero) is 2. The lowest BCUT2D eigenvalue weighted by atomic mass is 9.98. The van der Waals surface area contributed by atoms with Crippen LogP contribution < -0.4 is 5.32 Å². The molecule has 1 atom stereocenters. The largest absolute Gasteiger partial charge is 0.468 e. The molecule has 11 heteroatoms. The Hall–Kier alpha value is -3.63. The molecular formula is C15H14N2O9. The van der Waals surface area contributed by atoms with Crippen molar-refractivity contribution in [1.29, 1.82) is 0 Å². The molecule has 0 aliphatic rings. The standard InChI is InChI=1S/C15H14N2O9/c1-7-4-5-8(17(23)24)6-9(7)16-13(20)11(18)10(14(21)25-2)12(19)15(22)26-3/h4-6,10H,1-3H3,(H,16,20). The lowest BCUT2D eigenvalue weighted by Crippen LogP contribution is -2.42. The van der Waals surface area contributed by atoms with Crippen molar-refractivity contribution in [2.24, 2.45) is 5.92 Å². The third-order valence-electron chi connectivity index (χ3n) is 3.25. The van der Waals surface area contributed by atoms with E-state index in [1.165, 1.54) is 19.1 Å². The average Bonchev–Trinajstić information content (AvgIpc) is 2.61. The Balaban J connectivity index is 3.14. The van der Waals surface area contributed by atoms with E-state index in [-0.39, 0.29) is 11.4 Å². The lowest BCUT2D eigenvalue weighted by molar-refractivity contribution is -0.384. The second-order valence-corrected chi connectivity index (χ2v) is 4.89. The Labute approximate surface area is 146 Å². The van der Waals surface area contributed by atoms with E-state index in [9.17, 15) is 34.1 Å². The highest BCUT2D eigenvalue weighted by molar-refractivity contribution is 6.54. The summed E-state index contributed by atoms with van der Waals surface area (Å²) in [5.41, 5.74) is -0.0501. The summed E-state index contributed by atoms with van der Waals surface area (Å²) in [6, 6.07) is 3.51. The number of nitro benzene ring substituents is 1. The van der Waals surface area contributed by atoms with Crippen LogP contribution in [0.1, 0.15) is 5.56 Å². The highest BCUT2D eigenvalue weighted by Gasteiger charge is 2.42. The number of carbonyl (C=O) groups excluding carboxylic acids is 5. The molecule has 0 aliphatic carbocycles. The number of carbonyl (C=O) groups is 5. The predicted octanol–water partition coefficient (Wildman–Crippen LogP) is -0.0579. The first-order valence-electron chi connectivity index (χ1n) is 6.94. The van der Waals surface area contributed by atoms with E-state index in [4.69, 9.17) is 0 Å².